The molecule has 0 aliphatic heterocycles. The monoisotopic (exact) mass is 276 g/mol. The van der Waals surface area contributed by atoms with Crippen molar-refractivity contribution in [1.29, 1.82) is 0 Å². The first-order chi connectivity index (χ1) is 9.31. The zero-order valence-corrected chi connectivity index (χ0v) is 12.1. The summed E-state index contributed by atoms with van der Waals surface area (Å²) in [6, 6.07) is 4.00. The van der Waals surface area contributed by atoms with Crippen LogP contribution in [-0.4, -0.2) is 15.4 Å². The van der Waals surface area contributed by atoms with E-state index in [0.717, 1.165) is 24.1 Å². The number of aryl methyl sites for hydroxylation is 1. The van der Waals surface area contributed by atoms with Crippen molar-refractivity contribution in [1.82, 2.24) is 8.75 Å². The molecular weight excluding hydrogens is 258 g/mol. The van der Waals surface area contributed by atoms with Crippen molar-refractivity contribution in [2.75, 3.05) is 6.61 Å². The Morgan fingerprint density at radius 2 is 2.26 bits per heavy atom. The normalized spacial score (nSPS) is 11.1. The molecule has 0 aliphatic rings. The number of allylic oxidation sites excluding steroid dienone is 1. The van der Waals surface area contributed by atoms with Crippen molar-refractivity contribution in [3.8, 4) is 17.1 Å². The molecule has 19 heavy (non-hydrogen) atoms. The summed E-state index contributed by atoms with van der Waals surface area (Å²) in [5.74, 6) is 0.626. The van der Waals surface area contributed by atoms with Gasteiger partial charge in [-0.1, -0.05) is 19.1 Å². The lowest BCUT2D eigenvalue weighted by molar-refractivity contribution is -0.671. The molecule has 2 aromatic rings. The van der Waals surface area contributed by atoms with Gasteiger partial charge in [0.25, 0.3) is 5.88 Å². The van der Waals surface area contributed by atoms with Gasteiger partial charge in [0.05, 0.1) is 23.9 Å². The third-order valence-corrected chi connectivity index (χ3v) is 3.11. The molecule has 0 unspecified atom stereocenters. The summed E-state index contributed by atoms with van der Waals surface area (Å²) in [5, 5.41) is 0. The van der Waals surface area contributed by atoms with E-state index >= 15 is 0 Å². The predicted molar refractivity (Wildman–Crippen MR) is 76.1 cm³/mol. The fourth-order valence-electron chi connectivity index (χ4n) is 1.69. The van der Waals surface area contributed by atoms with Crippen LogP contribution in [-0.2, 0) is 7.05 Å². The minimum absolute atomic E-state index is 0.626. The molecule has 2 heterocycles. The molecule has 0 amide bonds. The molecule has 0 saturated carbocycles. The quantitative estimate of drug-likeness (QED) is 0.462. The van der Waals surface area contributed by atoms with Crippen LogP contribution in [0, 0.1) is 0 Å². The third-order valence-electron chi connectivity index (χ3n) is 2.60. The highest BCUT2D eigenvalue weighted by atomic mass is 32.1. The summed E-state index contributed by atoms with van der Waals surface area (Å²) in [6.45, 7) is 2.75. The second-order valence-electron chi connectivity index (χ2n) is 4.19. The maximum atomic E-state index is 5.69. The van der Waals surface area contributed by atoms with Gasteiger partial charge in [-0.3, -0.25) is 0 Å². The average Bonchev–Trinajstić information content (AvgIpc) is 2.87. The van der Waals surface area contributed by atoms with Gasteiger partial charge in [0.2, 0.25) is 0 Å². The lowest BCUT2D eigenvalue weighted by Crippen LogP contribution is -2.26. The van der Waals surface area contributed by atoms with E-state index < -0.39 is 0 Å². The maximum Gasteiger partial charge on any atom is 0.254 e. The van der Waals surface area contributed by atoms with Crippen molar-refractivity contribution < 1.29 is 9.30 Å². The number of pyridine rings is 1. The number of ether oxygens (including phenoxy) is 1. The lowest BCUT2D eigenvalue weighted by atomic mass is 10.2. The number of rotatable bonds is 6. The standard InChI is InChI=1S/C14H18N3OS/c1-3-4-5-6-10-18-14-13(15-19-16-14)12-8-7-9-17(2)11-12/h4-5,7-9,11H,3,6,10H2,1-2H3/q+1/b5-4+. The highest BCUT2D eigenvalue weighted by Crippen LogP contribution is 2.26. The van der Waals surface area contributed by atoms with Crippen LogP contribution >= 0.6 is 11.7 Å². The van der Waals surface area contributed by atoms with Crippen LogP contribution < -0.4 is 9.30 Å². The van der Waals surface area contributed by atoms with Crippen molar-refractivity contribution in [3.63, 3.8) is 0 Å². The van der Waals surface area contributed by atoms with Crippen LogP contribution in [0.15, 0.2) is 36.7 Å². The molecule has 0 radical (unpaired) electrons. The Morgan fingerprint density at radius 3 is 3.05 bits per heavy atom. The van der Waals surface area contributed by atoms with E-state index in [1.165, 1.54) is 11.7 Å². The van der Waals surface area contributed by atoms with E-state index in [4.69, 9.17) is 4.74 Å². The Labute approximate surface area is 117 Å². The van der Waals surface area contributed by atoms with Crippen LogP contribution in [0.25, 0.3) is 11.3 Å². The Balaban J connectivity index is 2.03. The summed E-state index contributed by atoms with van der Waals surface area (Å²) < 4.78 is 16.2. The van der Waals surface area contributed by atoms with Gasteiger partial charge in [0.1, 0.15) is 7.05 Å². The molecular formula is C14H18N3OS+. The molecule has 0 atom stereocenters. The first kappa shape index (κ1) is 13.7. The molecule has 0 fully saturated rings. The molecule has 0 spiro atoms. The van der Waals surface area contributed by atoms with Gasteiger partial charge in [0.15, 0.2) is 18.1 Å². The molecule has 2 aromatic heterocycles. The van der Waals surface area contributed by atoms with Crippen LogP contribution in [0.4, 0.5) is 0 Å². The van der Waals surface area contributed by atoms with Crippen molar-refractivity contribution in [2.24, 2.45) is 7.05 Å². The Morgan fingerprint density at radius 1 is 1.37 bits per heavy atom. The molecule has 0 saturated heterocycles. The zero-order chi connectivity index (χ0) is 13.5. The first-order valence-corrected chi connectivity index (χ1v) is 7.10. The van der Waals surface area contributed by atoms with Crippen LogP contribution in [0.1, 0.15) is 19.8 Å². The number of hydrogen-bond donors (Lipinski definition) is 0. The average molecular weight is 276 g/mol. The fraction of sp³-hybridized carbons (Fsp3) is 0.357. The molecule has 0 aliphatic carbocycles. The molecule has 0 aromatic carbocycles. The summed E-state index contributed by atoms with van der Waals surface area (Å²) in [4.78, 5) is 0. The minimum atomic E-state index is 0.626. The number of hydrogen-bond acceptors (Lipinski definition) is 4. The third kappa shape index (κ3) is 3.86. The Hall–Kier alpha value is -1.75. The van der Waals surface area contributed by atoms with E-state index in [0.29, 0.717) is 12.5 Å². The SMILES string of the molecule is CC/C=C/CCOc1nsnc1-c1ccc[n+](C)c1. The molecule has 0 N–H and O–H groups in total. The largest absolute Gasteiger partial charge is 0.475 e. The van der Waals surface area contributed by atoms with Crippen LogP contribution in [0.3, 0.4) is 0 Å². The first-order valence-electron chi connectivity index (χ1n) is 6.37. The number of aromatic nitrogens is 3. The van der Waals surface area contributed by atoms with E-state index in [1.807, 2.05) is 36.1 Å². The molecule has 5 heteroatoms. The van der Waals surface area contributed by atoms with E-state index in [2.05, 4.69) is 27.8 Å². The van der Waals surface area contributed by atoms with Crippen molar-refractivity contribution in [2.45, 2.75) is 19.8 Å². The highest BCUT2D eigenvalue weighted by molar-refractivity contribution is 6.99. The smallest absolute Gasteiger partial charge is 0.254 e. The van der Waals surface area contributed by atoms with Gasteiger partial charge in [-0.2, -0.15) is 4.37 Å². The summed E-state index contributed by atoms with van der Waals surface area (Å²) in [7, 11) is 1.99. The van der Waals surface area contributed by atoms with Gasteiger partial charge in [0, 0.05) is 6.07 Å². The lowest BCUT2D eigenvalue weighted by Gasteiger charge is -2.02. The highest BCUT2D eigenvalue weighted by Gasteiger charge is 2.13. The van der Waals surface area contributed by atoms with Crippen LogP contribution in [0.5, 0.6) is 5.88 Å². The van der Waals surface area contributed by atoms with Crippen LogP contribution in [0.2, 0.25) is 0 Å². The van der Waals surface area contributed by atoms with Crippen molar-refractivity contribution in [3.05, 3.63) is 36.7 Å². The second kappa shape index (κ2) is 6.99. The topological polar surface area (TPSA) is 38.9 Å². The van der Waals surface area contributed by atoms with E-state index in [1.54, 1.807) is 0 Å². The van der Waals surface area contributed by atoms with Gasteiger partial charge >= 0.3 is 0 Å². The summed E-state index contributed by atoms with van der Waals surface area (Å²) >= 11 is 1.18. The van der Waals surface area contributed by atoms with E-state index in [9.17, 15) is 0 Å². The van der Waals surface area contributed by atoms with Crippen molar-refractivity contribution >= 4 is 11.7 Å². The maximum absolute atomic E-state index is 5.69. The van der Waals surface area contributed by atoms with Gasteiger partial charge < -0.3 is 4.74 Å². The second-order valence-corrected chi connectivity index (χ2v) is 4.72. The van der Waals surface area contributed by atoms with E-state index in [-0.39, 0.29) is 0 Å². The molecule has 2 rings (SSSR count). The number of nitrogens with zero attached hydrogens (tertiary/aromatic N) is 3. The summed E-state index contributed by atoms with van der Waals surface area (Å²) in [6.07, 6.45) is 10.2. The molecule has 4 nitrogen and oxygen atoms in total. The minimum Gasteiger partial charge on any atom is -0.475 e. The summed E-state index contributed by atoms with van der Waals surface area (Å²) in [5.41, 5.74) is 1.85. The molecule has 0 bridgehead atoms. The van der Waals surface area contributed by atoms with Gasteiger partial charge in [-0.25, -0.2) is 4.57 Å². The van der Waals surface area contributed by atoms with Gasteiger partial charge in [-0.15, -0.1) is 4.37 Å². The van der Waals surface area contributed by atoms with Gasteiger partial charge in [-0.05, 0) is 18.9 Å². The Bertz CT molecular complexity index is 551. The fourth-order valence-corrected chi connectivity index (χ4v) is 2.21. The Kier molecular flexibility index (Phi) is 5.03. The zero-order valence-electron chi connectivity index (χ0n) is 11.2. The molecule has 100 valence electrons. The predicted octanol–water partition coefficient (Wildman–Crippen LogP) is 2.76.